The number of aryl methyl sites for hydroxylation is 3. The van der Waals surface area contributed by atoms with Crippen molar-refractivity contribution >= 4 is 16.9 Å². The number of aromatic hydroxyl groups is 1. The molecular formula is C26H25NO3. The van der Waals surface area contributed by atoms with Gasteiger partial charge >= 0.3 is 5.97 Å². The molecule has 0 atom stereocenters. The lowest BCUT2D eigenvalue weighted by Gasteiger charge is -2.07. The van der Waals surface area contributed by atoms with E-state index in [0.717, 1.165) is 29.6 Å². The van der Waals surface area contributed by atoms with Crippen molar-refractivity contribution in [3.63, 3.8) is 0 Å². The summed E-state index contributed by atoms with van der Waals surface area (Å²) >= 11 is 0. The van der Waals surface area contributed by atoms with Crippen LogP contribution in [0.5, 0.6) is 5.75 Å². The fraction of sp³-hybridized carbons (Fsp3) is 0.192. The summed E-state index contributed by atoms with van der Waals surface area (Å²) < 4.78 is 6.94. The maximum Gasteiger partial charge on any atom is 0.305 e. The van der Waals surface area contributed by atoms with E-state index in [-0.39, 0.29) is 11.7 Å². The molecular weight excluding hydrogens is 374 g/mol. The second-order valence-electron chi connectivity index (χ2n) is 7.45. The molecule has 0 aliphatic heterocycles. The number of carbonyl (C=O) groups is 1. The molecule has 1 aromatic heterocycles. The van der Waals surface area contributed by atoms with Gasteiger partial charge in [-0.1, -0.05) is 36.4 Å². The highest BCUT2D eigenvalue weighted by Gasteiger charge is 2.12. The summed E-state index contributed by atoms with van der Waals surface area (Å²) in [6.07, 6.45) is 5.10. The molecule has 0 saturated carbocycles. The fourth-order valence-corrected chi connectivity index (χ4v) is 3.80. The third-order valence-corrected chi connectivity index (χ3v) is 5.45. The summed E-state index contributed by atoms with van der Waals surface area (Å²) in [5, 5.41) is 10.8. The summed E-state index contributed by atoms with van der Waals surface area (Å²) in [6, 6.07) is 24.1. The Balaban J connectivity index is 1.70. The molecule has 0 unspecified atom stereocenters. The molecule has 0 saturated heterocycles. The zero-order valence-corrected chi connectivity index (χ0v) is 17.0. The number of methoxy groups -OCH3 is 1. The number of aromatic nitrogens is 1. The minimum absolute atomic E-state index is 0.193. The Bertz CT molecular complexity index is 1140. The minimum atomic E-state index is -0.193. The van der Waals surface area contributed by atoms with Crippen molar-refractivity contribution in [2.45, 2.75) is 25.7 Å². The molecule has 1 N–H and O–H groups in total. The number of hydrogen-bond acceptors (Lipinski definition) is 3. The molecule has 1 heterocycles. The van der Waals surface area contributed by atoms with Gasteiger partial charge in [-0.25, -0.2) is 0 Å². The Hall–Kier alpha value is -3.53. The first-order valence-corrected chi connectivity index (χ1v) is 10.2. The van der Waals surface area contributed by atoms with Gasteiger partial charge in [-0.15, -0.1) is 0 Å². The Morgan fingerprint density at radius 1 is 0.900 bits per heavy atom. The fourth-order valence-electron chi connectivity index (χ4n) is 3.80. The first-order valence-electron chi connectivity index (χ1n) is 10.2. The Morgan fingerprint density at radius 3 is 2.40 bits per heavy atom. The van der Waals surface area contributed by atoms with Crippen LogP contribution in [0.3, 0.4) is 0 Å². The number of esters is 1. The zero-order valence-electron chi connectivity index (χ0n) is 17.0. The number of nitrogens with zero attached hydrogens (tertiary/aromatic N) is 1. The SMILES string of the molecule is COC(=O)CCc1ccc2c(c1)c(CCc1ccccc1)cn2-c1ccc(O)cc1. The number of benzene rings is 3. The summed E-state index contributed by atoms with van der Waals surface area (Å²) in [7, 11) is 1.42. The van der Waals surface area contributed by atoms with Gasteiger partial charge in [0.25, 0.3) is 0 Å². The third-order valence-electron chi connectivity index (χ3n) is 5.45. The minimum Gasteiger partial charge on any atom is -0.508 e. The lowest BCUT2D eigenvalue weighted by Crippen LogP contribution is -2.01. The van der Waals surface area contributed by atoms with Crippen LogP contribution in [0.2, 0.25) is 0 Å². The maximum atomic E-state index is 11.5. The molecule has 152 valence electrons. The Kier molecular flexibility index (Phi) is 5.84. The quantitative estimate of drug-likeness (QED) is 0.433. The van der Waals surface area contributed by atoms with Crippen molar-refractivity contribution in [2.75, 3.05) is 7.11 Å². The normalized spacial score (nSPS) is 11.0. The van der Waals surface area contributed by atoms with Crippen molar-refractivity contribution in [1.29, 1.82) is 0 Å². The average Bonchev–Trinajstić information content (AvgIpc) is 3.15. The summed E-state index contributed by atoms with van der Waals surface area (Å²) in [5.41, 5.74) is 5.82. The molecule has 0 aliphatic carbocycles. The van der Waals surface area contributed by atoms with Crippen LogP contribution in [0.25, 0.3) is 16.6 Å². The number of fused-ring (bicyclic) bond motifs is 1. The van der Waals surface area contributed by atoms with Crippen molar-refractivity contribution in [3.05, 3.63) is 95.7 Å². The molecule has 4 heteroatoms. The van der Waals surface area contributed by atoms with E-state index in [1.54, 1.807) is 12.1 Å². The zero-order chi connectivity index (χ0) is 20.9. The van der Waals surface area contributed by atoms with Gasteiger partial charge in [-0.05, 0) is 72.4 Å². The average molecular weight is 399 g/mol. The van der Waals surface area contributed by atoms with Gasteiger partial charge in [-0.2, -0.15) is 0 Å². The number of ether oxygens (including phenoxy) is 1. The van der Waals surface area contributed by atoms with E-state index in [0.29, 0.717) is 12.8 Å². The molecule has 0 aliphatic rings. The lowest BCUT2D eigenvalue weighted by molar-refractivity contribution is -0.140. The lowest BCUT2D eigenvalue weighted by atomic mass is 10.0. The molecule has 4 nitrogen and oxygen atoms in total. The van der Waals surface area contributed by atoms with Crippen LogP contribution < -0.4 is 0 Å². The van der Waals surface area contributed by atoms with Crippen LogP contribution in [0.4, 0.5) is 0 Å². The predicted octanol–water partition coefficient (Wildman–Crippen LogP) is 5.23. The van der Waals surface area contributed by atoms with Gasteiger partial charge in [0.05, 0.1) is 12.6 Å². The Morgan fingerprint density at radius 2 is 1.67 bits per heavy atom. The van der Waals surface area contributed by atoms with E-state index in [2.05, 4.69) is 53.2 Å². The van der Waals surface area contributed by atoms with Crippen molar-refractivity contribution in [1.82, 2.24) is 4.57 Å². The first kappa shape index (κ1) is 19.8. The third kappa shape index (κ3) is 4.38. The topological polar surface area (TPSA) is 51.5 Å². The van der Waals surface area contributed by atoms with Gasteiger partial charge < -0.3 is 14.4 Å². The summed E-state index contributed by atoms with van der Waals surface area (Å²) in [4.78, 5) is 11.5. The molecule has 30 heavy (non-hydrogen) atoms. The second-order valence-corrected chi connectivity index (χ2v) is 7.45. The van der Waals surface area contributed by atoms with Crippen LogP contribution in [0.15, 0.2) is 79.0 Å². The summed E-state index contributed by atoms with van der Waals surface area (Å²) in [5.74, 6) is 0.0608. The number of hydrogen-bond donors (Lipinski definition) is 1. The number of phenols is 1. The highest BCUT2D eigenvalue weighted by Crippen LogP contribution is 2.28. The van der Waals surface area contributed by atoms with Gasteiger partial charge in [0.1, 0.15) is 5.75 Å². The monoisotopic (exact) mass is 399 g/mol. The van der Waals surface area contributed by atoms with Crippen LogP contribution in [-0.2, 0) is 28.8 Å². The van der Waals surface area contributed by atoms with Crippen LogP contribution in [-0.4, -0.2) is 22.8 Å². The summed E-state index contributed by atoms with van der Waals surface area (Å²) in [6.45, 7) is 0. The van der Waals surface area contributed by atoms with E-state index in [4.69, 9.17) is 4.74 Å². The van der Waals surface area contributed by atoms with E-state index >= 15 is 0 Å². The van der Waals surface area contributed by atoms with Gasteiger partial charge in [0.15, 0.2) is 0 Å². The molecule has 4 aromatic rings. The standard InChI is InChI=1S/C26H25NO3/c1-30-26(29)16-9-20-8-15-25-24(17-20)21(10-7-19-5-3-2-4-6-19)18-27(25)22-11-13-23(28)14-12-22/h2-6,8,11-15,17-18,28H,7,9-10,16H2,1H3. The van der Waals surface area contributed by atoms with E-state index in [1.807, 2.05) is 18.2 Å². The van der Waals surface area contributed by atoms with Gasteiger partial charge in [0.2, 0.25) is 0 Å². The first-order chi connectivity index (χ1) is 14.6. The Labute approximate surface area is 176 Å². The molecule has 4 rings (SSSR count). The maximum absolute atomic E-state index is 11.5. The van der Waals surface area contributed by atoms with Crippen molar-refractivity contribution < 1.29 is 14.6 Å². The molecule has 0 spiro atoms. The van der Waals surface area contributed by atoms with Crippen molar-refractivity contribution in [3.8, 4) is 11.4 Å². The van der Waals surface area contributed by atoms with E-state index in [1.165, 1.54) is 23.6 Å². The predicted molar refractivity (Wildman–Crippen MR) is 119 cm³/mol. The molecule has 0 bridgehead atoms. The van der Waals surface area contributed by atoms with Crippen molar-refractivity contribution in [2.24, 2.45) is 0 Å². The molecule has 0 radical (unpaired) electrons. The number of rotatable bonds is 7. The molecule has 0 fully saturated rings. The molecule has 0 amide bonds. The van der Waals surface area contributed by atoms with Crippen LogP contribution in [0.1, 0.15) is 23.1 Å². The smallest absolute Gasteiger partial charge is 0.305 e. The van der Waals surface area contributed by atoms with Crippen LogP contribution in [0, 0.1) is 0 Å². The van der Waals surface area contributed by atoms with Crippen LogP contribution >= 0.6 is 0 Å². The van der Waals surface area contributed by atoms with E-state index in [9.17, 15) is 9.90 Å². The van der Waals surface area contributed by atoms with Gasteiger partial charge in [-0.3, -0.25) is 4.79 Å². The largest absolute Gasteiger partial charge is 0.508 e. The number of carbonyl (C=O) groups excluding carboxylic acids is 1. The number of phenolic OH excluding ortho intramolecular Hbond substituents is 1. The highest BCUT2D eigenvalue weighted by molar-refractivity contribution is 5.86. The highest BCUT2D eigenvalue weighted by atomic mass is 16.5. The molecule has 3 aromatic carbocycles. The second kappa shape index (κ2) is 8.87. The van der Waals surface area contributed by atoms with E-state index < -0.39 is 0 Å². The van der Waals surface area contributed by atoms with Gasteiger partial charge in [0, 0.05) is 23.7 Å².